The second-order valence-electron chi connectivity index (χ2n) is 2.71. The summed E-state index contributed by atoms with van der Waals surface area (Å²) < 4.78 is 37.4. The van der Waals surface area contributed by atoms with Crippen molar-refractivity contribution in [3.63, 3.8) is 0 Å². The van der Waals surface area contributed by atoms with E-state index >= 15 is 0 Å². The second kappa shape index (κ2) is 3.14. The van der Waals surface area contributed by atoms with Crippen molar-refractivity contribution in [1.82, 2.24) is 3.53 Å². The average Bonchev–Trinajstić information content (AvgIpc) is 1.97. The van der Waals surface area contributed by atoms with E-state index in [1.165, 1.54) is 0 Å². The summed E-state index contributed by atoms with van der Waals surface area (Å²) in [4.78, 5) is 0. The number of sulfone groups is 1. The normalized spacial score (nSPS) is 28.2. The van der Waals surface area contributed by atoms with Gasteiger partial charge in [-0.25, -0.2) is 16.3 Å². The van der Waals surface area contributed by atoms with Crippen LogP contribution in [0.25, 0.3) is 0 Å². The van der Waals surface area contributed by atoms with E-state index in [2.05, 4.69) is 3.53 Å². The van der Waals surface area contributed by atoms with Gasteiger partial charge in [0.2, 0.25) is 0 Å². The first-order valence-electron chi connectivity index (χ1n) is 3.25. The van der Waals surface area contributed by atoms with Crippen LogP contribution in [0.1, 0.15) is 12.8 Å². The maximum Gasteiger partial charge on any atom is 0.171 e. The molecule has 1 rings (SSSR count). The second-order valence-corrected chi connectivity index (χ2v) is 5.55. The molecule has 1 aliphatic heterocycles. The average molecular weight is 293 g/mol. The van der Waals surface area contributed by atoms with Gasteiger partial charge in [0, 0.05) is 35.7 Å². The van der Waals surface area contributed by atoms with Crippen LogP contribution in [0.5, 0.6) is 0 Å². The lowest BCUT2D eigenvalue weighted by Gasteiger charge is -2.27. The van der Waals surface area contributed by atoms with Gasteiger partial charge in [-0.1, -0.05) is 0 Å². The maximum atomic E-state index is 13.3. The van der Waals surface area contributed by atoms with E-state index in [1.807, 2.05) is 0 Å². The molecule has 1 aliphatic rings. The Morgan fingerprint density at radius 1 is 1.36 bits per heavy atom. The molecule has 11 heavy (non-hydrogen) atoms. The van der Waals surface area contributed by atoms with Crippen molar-refractivity contribution in [2.24, 2.45) is 0 Å². The van der Waals surface area contributed by atoms with Crippen LogP contribution in [0, 0.1) is 0 Å². The molecular weight excluding hydrogens is 284 g/mol. The first kappa shape index (κ1) is 9.66. The summed E-state index contributed by atoms with van der Waals surface area (Å²) in [6.07, 6.45) is 0.135. The topological polar surface area (TPSA) is 46.2 Å². The molecule has 1 saturated heterocycles. The molecule has 0 bridgehead atoms. The molecule has 1 heterocycles. The van der Waals surface area contributed by atoms with Crippen molar-refractivity contribution >= 4 is 32.7 Å². The lowest BCUT2D eigenvalue weighted by atomic mass is 10.1. The van der Waals surface area contributed by atoms with Gasteiger partial charge in [-0.3, -0.25) is 0 Å². The summed E-state index contributed by atoms with van der Waals surface area (Å²) in [5.74, 6) is -1.55. The fourth-order valence-electron chi connectivity index (χ4n) is 0.956. The van der Waals surface area contributed by atoms with Crippen LogP contribution in [-0.2, 0) is 9.84 Å². The van der Waals surface area contributed by atoms with Gasteiger partial charge in [-0.2, -0.15) is 0 Å². The molecule has 0 aliphatic carbocycles. The summed E-state index contributed by atoms with van der Waals surface area (Å²) in [7, 11) is -2.95. The molecule has 0 spiro atoms. The summed E-state index contributed by atoms with van der Waals surface area (Å²) in [6.45, 7) is 0. The van der Waals surface area contributed by atoms with Crippen molar-refractivity contribution in [2.45, 2.75) is 18.6 Å². The van der Waals surface area contributed by atoms with Gasteiger partial charge < -0.3 is 0 Å². The largest absolute Gasteiger partial charge is 0.229 e. The molecular formula is C5H9FINO2S. The molecule has 0 saturated carbocycles. The molecule has 66 valence electrons. The molecule has 0 aromatic rings. The van der Waals surface area contributed by atoms with Gasteiger partial charge in [0.05, 0.1) is 11.5 Å². The maximum absolute atomic E-state index is 13.3. The van der Waals surface area contributed by atoms with Crippen LogP contribution in [0.2, 0.25) is 0 Å². The summed E-state index contributed by atoms with van der Waals surface area (Å²) in [5, 5.41) is 0. The van der Waals surface area contributed by atoms with E-state index in [4.69, 9.17) is 0 Å². The standard InChI is InChI=1S/C5H9FINO2S/c6-5(8-7)1-3-11(9,10)4-2-5/h8H,1-4H2. The Kier molecular flexibility index (Phi) is 2.75. The van der Waals surface area contributed by atoms with E-state index in [9.17, 15) is 12.8 Å². The third kappa shape index (κ3) is 2.51. The van der Waals surface area contributed by atoms with E-state index < -0.39 is 15.6 Å². The highest BCUT2D eigenvalue weighted by molar-refractivity contribution is 14.1. The Bertz CT molecular complexity index is 227. The van der Waals surface area contributed by atoms with Crippen molar-refractivity contribution in [1.29, 1.82) is 0 Å². The number of hydrogen-bond donors (Lipinski definition) is 1. The zero-order valence-corrected chi connectivity index (χ0v) is 8.78. The minimum absolute atomic E-state index is 0.0422. The number of nitrogens with one attached hydrogen (secondary N) is 1. The van der Waals surface area contributed by atoms with Crippen molar-refractivity contribution in [2.75, 3.05) is 11.5 Å². The summed E-state index contributed by atoms with van der Waals surface area (Å²) >= 11 is 1.72. The van der Waals surface area contributed by atoms with Gasteiger partial charge >= 0.3 is 0 Å². The first-order chi connectivity index (χ1) is 4.97. The van der Waals surface area contributed by atoms with Crippen molar-refractivity contribution in [3.05, 3.63) is 0 Å². The minimum atomic E-state index is -2.95. The van der Waals surface area contributed by atoms with Gasteiger partial charge in [0.25, 0.3) is 0 Å². The van der Waals surface area contributed by atoms with E-state index in [-0.39, 0.29) is 24.3 Å². The third-order valence-electron chi connectivity index (χ3n) is 1.79. The number of rotatable bonds is 1. The summed E-state index contributed by atoms with van der Waals surface area (Å²) in [6, 6.07) is 0. The van der Waals surface area contributed by atoms with E-state index in [0.717, 1.165) is 0 Å². The SMILES string of the molecule is O=S1(=O)CCC(F)(NI)CC1. The fraction of sp³-hybridized carbons (Fsp3) is 1.00. The number of hydrogen-bond acceptors (Lipinski definition) is 3. The van der Waals surface area contributed by atoms with Crippen molar-refractivity contribution in [3.8, 4) is 0 Å². The highest BCUT2D eigenvalue weighted by atomic mass is 127. The predicted molar refractivity (Wildman–Crippen MR) is 48.9 cm³/mol. The van der Waals surface area contributed by atoms with Crippen LogP contribution in [0.4, 0.5) is 4.39 Å². The zero-order chi connectivity index (χ0) is 8.54. The van der Waals surface area contributed by atoms with Gasteiger partial charge in [0.15, 0.2) is 15.6 Å². The molecule has 1 N–H and O–H groups in total. The van der Waals surface area contributed by atoms with Gasteiger partial charge in [-0.05, 0) is 0 Å². The molecule has 0 atom stereocenters. The van der Waals surface area contributed by atoms with E-state index in [1.54, 1.807) is 22.9 Å². The molecule has 0 radical (unpaired) electrons. The Morgan fingerprint density at radius 3 is 2.18 bits per heavy atom. The van der Waals surface area contributed by atoms with Crippen LogP contribution < -0.4 is 3.53 Å². The molecule has 0 aromatic carbocycles. The smallest absolute Gasteiger partial charge is 0.171 e. The molecule has 0 unspecified atom stereocenters. The van der Waals surface area contributed by atoms with Crippen LogP contribution >= 0.6 is 22.9 Å². The Hall–Kier alpha value is 0.570. The minimum Gasteiger partial charge on any atom is -0.229 e. The number of alkyl halides is 1. The van der Waals surface area contributed by atoms with Crippen LogP contribution in [0.3, 0.4) is 0 Å². The monoisotopic (exact) mass is 293 g/mol. The highest BCUT2D eigenvalue weighted by Crippen LogP contribution is 2.25. The lowest BCUT2D eigenvalue weighted by Crippen LogP contribution is -2.42. The van der Waals surface area contributed by atoms with E-state index in [0.29, 0.717) is 0 Å². The number of halogens is 2. The van der Waals surface area contributed by atoms with Gasteiger partial charge in [-0.15, -0.1) is 0 Å². The summed E-state index contributed by atoms with van der Waals surface area (Å²) in [5.41, 5.74) is 0. The lowest BCUT2D eigenvalue weighted by molar-refractivity contribution is 0.143. The highest BCUT2D eigenvalue weighted by Gasteiger charge is 2.36. The Labute approximate surface area is 79.2 Å². The zero-order valence-electron chi connectivity index (χ0n) is 5.81. The fourth-order valence-corrected chi connectivity index (χ4v) is 2.97. The van der Waals surface area contributed by atoms with Crippen LogP contribution in [0.15, 0.2) is 0 Å². The Morgan fingerprint density at radius 2 is 1.82 bits per heavy atom. The molecule has 3 nitrogen and oxygen atoms in total. The van der Waals surface area contributed by atoms with Crippen LogP contribution in [-0.4, -0.2) is 25.7 Å². The first-order valence-corrected chi connectivity index (χ1v) is 6.15. The molecule has 0 amide bonds. The van der Waals surface area contributed by atoms with Gasteiger partial charge in [0.1, 0.15) is 0 Å². The predicted octanol–water partition coefficient (Wildman–Crippen LogP) is 0.800. The molecule has 1 fully saturated rings. The van der Waals surface area contributed by atoms with Crippen molar-refractivity contribution < 1.29 is 12.8 Å². The third-order valence-corrected chi connectivity index (χ3v) is 4.41. The molecule has 6 heteroatoms. The molecule has 0 aromatic heterocycles. The Balaban J connectivity index is 2.62. The quantitative estimate of drug-likeness (QED) is 0.442.